The van der Waals surface area contributed by atoms with Crippen LogP contribution in [0.5, 0.6) is 5.75 Å². The molecule has 4 rings (SSSR count). The maximum Gasteiger partial charge on any atom is 0.271 e. The van der Waals surface area contributed by atoms with Gasteiger partial charge in [0.25, 0.3) is 11.8 Å². The molecule has 1 spiro atoms. The number of hydrogen-bond donors (Lipinski definition) is 3. The van der Waals surface area contributed by atoms with Crippen LogP contribution in [0.25, 0.3) is 0 Å². The van der Waals surface area contributed by atoms with E-state index in [1.807, 2.05) is 13.0 Å². The molecule has 2 heterocycles. The zero-order chi connectivity index (χ0) is 22.0. The third-order valence-corrected chi connectivity index (χ3v) is 6.55. The molecule has 3 amide bonds. The van der Waals surface area contributed by atoms with Gasteiger partial charge in [0, 0.05) is 37.7 Å². The number of hydrogen-bond acceptors (Lipinski definition) is 5. The Kier molecular flexibility index (Phi) is 6.18. The molecule has 2 fully saturated rings. The van der Waals surface area contributed by atoms with Crippen molar-refractivity contribution in [1.29, 1.82) is 0 Å². The van der Waals surface area contributed by atoms with Crippen molar-refractivity contribution in [2.24, 2.45) is 0 Å². The van der Waals surface area contributed by atoms with Crippen LogP contribution < -0.4 is 25.6 Å². The van der Waals surface area contributed by atoms with E-state index < -0.39 is 5.60 Å². The molecule has 1 saturated heterocycles. The van der Waals surface area contributed by atoms with Gasteiger partial charge in [0.15, 0.2) is 5.60 Å². The number of fused-ring (bicyclic) bond motifs is 1. The summed E-state index contributed by atoms with van der Waals surface area (Å²) in [6.45, 7) is 6.14. The van der Waals surface area contributed by atoms with Crippen LogP contribution in [0.2, 0.25) is 0 Å². The van der Waals surface area contributed by atoms with Crippen molar-refractivity contribution >= 4 is 23.4 Å². The first-order valence-electron chi connectivity index (χ1n) is 11.4. The van der Waals surface area contributed by atoms with Gasteiger partial charge in [0.1, 0.15) is 5.75 Å². The van der Waals surface area contributed by atoms with E-state index >= 15 is 0 Å². The van der Waals surface area contributed by atoms with Crippen LogP contribution in [-0.2, 0) is 9.59 Å². The Labute approximate surface area is 183 Å². The summed E-state index contributed by atoms with van der Waals surface area (Å²) in [6.07, 6.45) is 4.73. The second-order valence-electron chi connectivity index (χ2n) is 8.76. The van der Waals surface area contributed by atoms with E-state index in [4.69, 9.17) is 4.74 Å². The van der Waals surface area contributed by atoms with Gasteiger partial charge >= 0.3 is 0 Å². The number of anilines is 1. The largest absolute Gasteiger partial charge is 0.475 e. The van der Waals surface area contributed by atoms with Crippen LogP contribution in [0.3, 0.4) is 0 Å². The molecule has 0 bridgehead atoms. The van der Waals surface area contributed by atoms with Crippen LogP contribution in [0.15, 0.2) is 12.1 Å². The fraction of sp³-hybridized carbons (Fsp3) is 0.609. The predicted octanol–water partition coefficient (Wildman–Crippen LogP) is 1.65. The Balaban J connectivity index is 1.59. The smallest absolute Gasteiger partial charge is 0.271 e. The summed E-state index contributed by atoms with van der Waals surface area (Å²) in [5, 5.41) is 9.25. The van der Waals surface area contributed by atoms with Crippen LogP contribution in [0.1, 0.15) is 61.4 Å². The molecule has 1 aromatic carbocycles. The molecule has 31 heavy (non-hydrogen) atoms. The molecule has 0 unspecified atom stereocenters. The molecule has 1 aliphatic carbocycles. The quantitative estimate of drug-likeness (QED) is 0.640. The summed E-state index contributed by atoms with van der Waals surface area (Å²) in [6, 6.07) is 3.74. The Hall–Kier alpha value is -2.61. The molecule has 3 N–H and O–H groups in total. The molecular formula is C23H32N4O4. The summed E-state index contributed by atoms with van der Waals surface area (Å²) >= 11 is 0. The number of piperidine rings is 1. The summed E-state index contributed by atoms with van der Waals surface area (Å²) in [5.74, 6) is 0.368. The van der Waals surface area contributed by atoms with Gasteiger partial charge in [-0.25, -0.2) is 0 Å². The van der Waals surface area contributed by atoms with Gasteiger partial charge in [-0.3, -0.25) is 14.4 Å². The fourth-order valence-corrected chi connectivity index (χ4v) is 4.52. The molecule has 8 heteroatoms. The number of nitrogens with zero attached hydrogens (tertiary/aromatic N) is 1. The van der Waals surface area contributed by atoms with Crippen molar-refractivity contribution in [2.75, 3.05) is 31.1 Å². The van der Waals surface area contributed by atoms with Crippen molar-refractivity contribution in [3.63, 3.8) is 0 Å². The van der Waals surface area contributed by atoms with Gasteiger partial charge in [-0.15, -0.1) is 0 Å². The highest BCUT2D eigenvalue weighted by Gasteiger charge is 2.52. The zero-order valence-electron chi connectivity index (χ0n) is 18.4. The van der Waals surface area contributed by atoms with Gasteiger partial charge in [-0.2, -0.15) is 0 Å². The second kappa shape index (κ2) is 8.86. The van der Waals surface area contributed by atoms with E-state index in [0.717, 1.165) is 37.9 Å². The molecule has 8 nitrogen and oxygen atoms in total. The van der Waals surface area contributed by atoms with Gasteiger partial charge in [-0.05, 0) is 63.3 Å². The topological polar surface area (TPSA) is 99.8 Å². The lowest BCUT2D eigenvalue weighted by molar-refractivity contribution is -0.143. The van der Waals surface area contributed by atoms with E-state index in [1.165, 1.54) is 0 Å². The number of carbonyl (C=O) groups excluding carboxylic acids is 3. The first kappa shape index (κ1) is 21.6. The number of carbonyl (C=O) groups is 3. The fourth-order valence-electron chi connectivity index (χ4n) is 4.52. The van der Waals surface area contributed by atoms with Gasteiger partial charge in [0.05, 0.1) is 5.69 Å². The van der Waals surface area contributed by atoms with Gasteiger partial charge < -0.3 is 25.6 Å². The lowest BCUT2D eigenvalue weighted by Crippen LogP contribution is -2.61. The summed E-state index contributed by atoms with van der Waals surface area (Å²) < 4.78 is 6.19. The standard InChI is InChI=1S/C23H32N4O4/c1-3-20(28)25-10-11-27-18-13-17(21(29)26-16-6-4-9-24-14-16)15(2)12-19(18)31-23(22(27)30)7-5-8-23/h12-13,16,24H,3-11,14H2,1-2H3,(H,25,28)(H,26,29)/t16-/m1/s1. The molecule has 2 aliphatic heterocycles. The first-order valence-corrected chi connectivity index (χ1v) is 11.4. The maximum absolute atomic E-state index is 13.3. The maximum atomic E-state index is 13.3. The highest BCUT2D eigenvalue weighted by molar-refractivity contribution is 6.05. The van der Waals surface area contributed by atoms with Gasteiger partial charge in [-0.1, -0.05) is 6.92 Å². The van der Waals surface area contributed by atoms with Crippen molar-refractivity contribution in [2.45, 2.75) is 64.0 Å². The van der Waals surface area contributed by atoms with Crippen LogP contribution in [0.4, 0.5) is 5.69 Å². The third-order valence-electron chi connectivity index (χ3n) is 6.55. The Bertz CT molecular complexity index is 875. The van der Waals surface area contributed by atoms with E-state index in [0.29, 0.717) is 49.4 Å². The minimum absolute atomic E-state index is 0.0515. The molecule has 168 valence electrons. The predicted molar refractivity (Wildman–Crippen MR) is 117 cm³/mol. The molecule has 1 aromatic rings. The van der Waals surface area contributed by atoms with E-state index in [9.17, 15) is 14.4 Å². The number of amides is 3. The lowest BCUT2D eigenvalue weighted by Gasteiger charge is -2.47. The normalized spacial score (nSPS) is 21.7. The van der Waals surface area contributed by atoms with Crippen LogP contribution in [0, 0.1) is 6.92 Å². The second-order valence-corrected chi connectivity index (χ2v) is 8.76. The van der Waals surface area contributed by atoms with Crippen LogP contribution in [-0.4, -0.2) is 55.5 Å². The summed E-state index contributed by atoms with van der Waals surface area (Å²) in [7, 11) is 0. The first-order chi connectivity index (χ1) is 14.9. The van der Waals surface area contributed by atoms with Crippen molar-refractivity contribution in [3.8, 4) is 5.75 Å². The molecule has 1 atom stereocenters. The summed E-state index contributed by atoms with van der Waals surface area (Å²) in [5.41, 5.74) is 1.17. The highest BCUT2D eigenvalue weighted by Crippen LogP contribution is 2.47. The van der Waals surface area contributed by atoms with E-state index in [2.05, 4.69) is 16.0 Å². The zero-order valence-corrected chi connectivity index (χ0v) is 18.4. The minimum atomic E-state index is -0.800. The van der Waals surface area contributed by atoms with Crippen molar-refractivity contribution < 1.29 is 19.1 Å². The third kappa shape index (κ3) is 4.26. The Morgan fingerprint density at radius 2 is 2.10 bits per heavy atom. The highest BCUT2D eigenvalue weighted by atomic mass is 16.5. The summed E-state index contributed by atoms with van der Waals surface area (Å²) in [4.78, 5) is 39.6. The van der Waals surface area contributed by atoms with E-state index in [-0.39, 0.29) is 23.8 Å². The Morgan fingerprint density at radius 1 is 1.29 bits per heavy atom. The molecule has 3 aliphatic rings. The monoisotopic (exact) mass is 428 g/mol. The number of rotatable bonds is 6. The number of aryl methyl sites for hydroxylation is 1. The molecule has 0 radical (unpaired) electrons. The SMILES string of the molecule is CCC(=O)NCCN1C(=O)C2(CCC2)Oc2cc(C)c(C(=O)N[C@@H]3CCCNC3)cc21. The molecular weight excluding hydrogens is 396 g/mol. The molecule has 1 saturated carbocycles. The van der Waals surface area contributed by atoms with E-state index in [1.54, 1.807) is 17.9 Å². The average molecular weight is 429 g/mol. The minimum Gasteiger partial charge on any atom is -0.475 e. The number of benzene rings is 1. The van der Waals surface area contributed by atoms with Crippen LogP contribution >= 0.6 is 0 Å². The average Bonchev–Trinajstić information content (AvgIpc) is 2.74. The Morgan fingerprint density at radius 3 is 2.74 bits per heavy atom. The lowest BCUT2D eigenvalue weighted by atomic mass is 9.77. The van der Waals surface area contributed by atoms with Crippen molar-refractivity contribution in [1.82, 2.24) is 16.0 Å². The number of nitrogens with one attached hydrogen (secondary N) is 3. The number of ether oxygens (including phenoxy) is 1. The van der Waals surface area contributed by atoms with Crippen molar-refractivity contribution in [3.05, 3.63) is 23.3 Å². The van der Waals surface area contributed by atoms with Gasteiger partial charge in [0.2, 0.25) is 5.91 Å². The molecule has 0 aromatic heterocycles.